The Hall–Kier alpha value is -1.26. The van der Waals surface area contributed by atoms with Crippen LogP contribution < -0.4 is 4.74 Å². The fraction of sp³-hybridized carbons (Fsp3) is 0.562. The van der Waals surface area contributed by atoms with Gasteiger partial charge in [-0.3, -0.25) is 4.79 Å². The van der Waals surface area contributed by atoms with Gasteiger partial charge in [0, 0.05) is 18.1 Å². The van der Waals surface area contributed by atoms with E-state index in [4.69, 9.17) is 16.3 Å². The number of hydrogen-bond acceptors (Lipinski definition) is 3. The molecular weight excluding hydrogens is 290 g/mol. The fourth-order valence-corrected chi connectivity index (χ4v) is 2.90. The highest BCUT2D eigenvalue weighted by Gasteiger charge is 2.42. The van der Waals surface area contributed by atoms with E-state index in [0.717, 1.165) is 31.7 Å². The monoisotopic (exact) mass is 311 g/mol. The van der Waals surface area contributed by atoms with Crippen molar-refractivity contribution in [2.24, 2.45) is 5.41 Å². The quantitative estimate of drug-likeness (QED) is 0.785. The summed E-state index contributed by atoms with van der Waals surface area (Å²) >= 11 is 5.81. The van der Waals surface area contributed by atoms with E-state index in [1.54, 1.807) is 12.1 Å². The van der Waals surface area contributed by atoms with Gasteiger partial charge in [-0.1, -0.05) is 18.5 Å². The van der Waals surface area contributed by atoms with Gasteiger partial charge in [0.2, 0.25) is 0 Å². The Morgan fingerprint density at radius 1 is 1.43 bits per heavy atom. The van der Waals surface area contributed by atoms with E-state index < -0.39 is 11.4 Å². The SMILES string of the molecule is CCC1(C(=O)O)CCN(CCCOc2ccc(Cl)cc2)C1. The number of likely N-dealkylation sites (tertiary alicyclic amines) is 1. The van der Waals surface area contributed by atoms with Crippen LogP contribution in [0.2, 0.25) is 5.02 Å². The van der Waals surface area contributed by atoms with E-state index >= 15 is 0 Å². The molecule has 0 aliphatic carbocycles. The van der Waals surface area contributed by atoms with E-state index in [2.05, 4.69) is 4.90 Å². The normalized spacial score (nSPS) is 22.4. The first-order chi connectivity index (χ1) is 10.1. The summed E-state index contributed by atoms with van der Waals surface area (Å²) in [6.45, 7) is 4.98. The van der Waals surface area contributed by atoms with Crippen LogP contribution in [0.1, 0.15) is 26.2 Å². The molecule has 0 bridgehead atoms. The van der Waals surface area contributed by atoms with Gasteiger partial charge in [-0.25, -0.2) is 0 Å². The topological polar surface area (TPSA) is 49.8 Å². The molecule has 0 spiro atoms. The maximum Gasteiger partial charge on any atom is 0.310 e. The second-order valence-electron chi connectivity index (χ2n) is 5.62. The second-order valence-corrected chi connectivity index (χ2v) is 6.06. The van der Waals surface area contributed by atoms with Crippen LogP contribution in [-0.2, 0) is 4.79 Å². The van der Waals surface area contributed by atoms with Crippen LogP contribution in [0.4, 0.5) is 0 Å². The number of carbonyl (C=O) groups is 1. The Morgan fingerprint density at radius 3 is 2.71 bits per heavy atom. The van der Waals surface area contributed by atoms with E-state index in [1.807, 2.05) is 19.1 Å². The molecule has 116 valence electrons. The number of halogens is 1. The largest absolute Gasteiger partial charge is 0.494 e. The number of carboxylic acid groups (broad SMARTS) is 1. The maximum atomic E-state index is 11.4. The molecule has 1 fully saturated rings. The highest BCUT2D eigenvalue weighted by atomic mass is 35.5. The van der Waals surface area contributed by atoms with E-state index in [0.29, 0.717) is 24.6 Å². The van der Waals surface area contributed by atoms with Gasteiger partial charge in [-0.15, -0.1) is 0 Å². The molecule has 1 aliphatic heterocycles. The first kappa shape index (κ1) is 16.1. The van der Waals surface area contributed by atoms with E-state index in [-0.39, 0.29) is 0 Å². The molecule has 0 aromatic heterocycles. The molecule has 1 unspecified atom stereocenters. The van der Waals surface area contributed by atoms with Gasteiger partial charge >= 0.3 is 5.97 Å². The minimum absolute atomic E-state index is 0.545. The molecule has 1 aromatic carbocycles. The molecule has 4 nitrogen and oxygen atoms in total. The van der Waals surface area contributed by atoms with Crippen LogP contribution in [0.3, 0.4) is 0 Å². The van der Waals surface area contributed by atoms with Crippen molar-refractivity contribution in [3.8, 4) is 5.75 Å². The van der Waals surface area contributed by atoms with Crippen LogP contribution in [-0.4, -0.2) is 42.2 Å². The standard InChI is InChI=1S/C16H22ClNO3/c1-2-16(15(19)20)8-10-18(12-16)9-3-11-21-14-6-4-13(17)5-7-14/h4-7H,2-3,8-12H2,1H3,(H,19,20). The van der Waals surface area contributed by atoms with Gasteiger partial charge in [0.1, 0.15) is 5.75 Å². The van der Waals surface area contributed by atoms with Crippen LogP contribution in [0.15, 0.2) is 24.3 Å². The number of ether oxygens (including phenoxy) is 1. The van der Waals surface area contributed by atoms with Crippen LogP contribution in [0.5, 0.6) is 5.75 Å². The summed E-state index contributed by atoms with van der Waals surface area (Å²) in [5, 5.41) is 10.1. The number of benzene rings is 1. The van der Waals surface area contributed by atoms with Crippen LogP contribution in [0.25, 0.3) is 0 Å². The van der Waals surface area contributed by atoms with Gasteiger partial charge in [-0.05, 0) is 50.1 Å². The van der Waals surface area contributed by atoms with Gasteiger partial charge in [0.25, 0.3) is 0 Å². The first-order valence-corrected chi connectivity index (χ1v) is 7.78. The van der Waals surface area contributed by atoms with Gasteiger partial charge in [0.05, 0.1) is 12.0 Å². The molecule has 5 heteroatoms. The van der Waals surface area contributed by atoms with Crippen molar-refractivity contribution in [2.75, 3.05) is 26.2 Å². The lowest BCUT2D eigenvalue weighted by atomic mass is 9.84. The number of carboxylic acids is 1. The third-order valence-electron chi connectivity index (χ3n) is 4.26. The van der Waals surface area contributed by atoms with Crippen molar-refractivity contribution in [1.29, 1.82) is 0 Å². The summed E-state index contributed by atoms with van der Waals surface area (Å²) < 4.78 is 5.64. The molecule has 1 aromatic rings. The summed E-state index contributed by atoms with van der Waals surface area (Å²) in [5.74, 6) is 0.152. The summed E-state index contributed by atoms with van der Waals surface area (Å²) in [6.07, 6.45) is 2.33. The van der Waals surface area contributed by atoms with Gasteiger partial charge in [0.15, 0.2) is 0 Å². The Morgan fingerprint density at radius 2 is 2.14 bits per heavy atom. The zero-order valence-electron chi connectivity index (χ0n) is 12.3. The lowest BCUT2D eigenvalue weighted by molar-refractivity contribution is -0.148. The second kappa shape index (κ2) is 7.14. The number of nitrogens with zero attached hydrogens (tertiary/aromatic N) is 1. The van der Waals surface area contributed by atoms with Crippen molar-refractivity contribution >= 4 is 17.6 Å². The summed E-state index contributed by atoms with van der Waals surface area (Å²) in [7, 11) is 0. The lowest BCUT2D eigenvalue weighted by Gasteiger charge is -2.23. The molecule has 1 atom stereocenters. The molecule has 0 saturated carbocycles. The predicted octanol–water partition coefficient (Wildman–Crippen LogP) is 3.30. The highest BCUT2D eigenvalue weighted by Crippen LogP contribution is 2.34. The minimum atomic E-state index is -0.662. The summed E-state index contributed by atoms with van der Waals surface area (Å²) in [6, 6.07) is 7.31. The van der Waals surface area contributed by atoms with Crippen molar-refractivity contribution in [1.82, 2.24) is 4.90 Å². The first-order valence-electron chi connectivity index (χ1n) is 7.40. The molecular formula is C16H22ClNO3. The zero-order chi connectivity index (χ0) is 15.3. The van der Waals surface area contributed by atoms with Gasteiger partial charge in [-0.2, -0.15) is 0 Å². The fourth-order valence-electron chi connectivity index (χ4n) is 2.77. The molecule has 0 amide bonds. The average molecular weight is 312 g/mol. The number of hydrogen-bond donors (Lipinski definition) is 1. The average Bonchev–Trinajstić information content (AvgIpc) is 2.90. The molecule has 1 aliphatic rings. The molecule has 1 heterocycles. The number of rotatable bonds is 7. The smallest absolute Gasteiger partial charge is 0.310 e. The molecule has 21 heavy (non-hydrogen) atoms. The third-order valence-corrected chi connectivity index (χ3v) is 4.52. The molecule has 1 N–H and O–H groups in total. The Bertz CT molecular complexity index is 477. The van der Waals surface area contributed by atoms with Crippen molar-refractivity contribution < 1.29 is 14.6 Å². The lowest BCUT2D eigenvalue weighted by Crippen LogP contribution is -2.34. The van der Waals surface area contributed by atoms with E-state index in [1.165, 1.54) is 0 Å². The van der Waals surface area contributed by atoms with E-state index in [9.17, 15) is 9.90 Å². The minimum Gasteiger partial charge on any atom is -0.494 e. The third kappa shape index (κ3) is 4.11. The Labute approximate surface area is 130 Å². The van der Waals surface area contributed by atoms with Crippen LogP contribution >= 0.6 is 11.6 Å². The van der Waals surface area contributed by atoms with Crippen LogP contribution in [0, 0.1) is 5.41 Å². The molecule has 2 rings (SSSR count). The molecule has 1 saturated heterocycles. The zero-order valence-corrected chi connectivity index (χ0v) is 13.1. The number of aliphatic carboxylic acids is 1. The van der Waals surface area contributed by atoms with Crippen molar-refractivity contribution in [2.45, 2.75) is 26.2 Å². The Balaban J connectivity index is 1.70. The van der Waals surface area contributed by atoms with Crippen molar-refractivity contribution in [3.05, 3.63) is 29.3 Å². The van der Waals surface area contributed by atoms with Crippen molar-refractivity contribution in [3.63, 3.8) is 0 Å². The molecule has 0 radical (unpaired) electrons. The summed E-state index contributed by atoms with van der Waals surface area (Å²) in [4.78, 5) is 13.6. The van der Waals surface area contributed by atoms with Gasteiger partial charge < -0.3 is 14.7 Å². The highest BCUT2D eigenvalue weighted by molar-refractivity contribution is 6.30. The maximum absolute atomic E-state index is 11.4. The summed E-state index contributed by atoms with van der Waals surface area (Å²) in [5.41, 5.74) is -0.545. The predicted molar refractivity (Wildman–Crippen MR) is 83.0 cm³/mol. The Kier molecular flexibility index (Phi) is 5.48.